The van der Waals surface area contributed by atoms with Crippen LogP contribution in [0.3, 0.4) is 0 Å². The summed E-state index contributed by atoms with van der Waals surface area (Å²) in [6, 6.07) is 9.91. The van der Waals surface area contributed by atoms with Crippen LogP contribution in [-0.4, -0.2) is 13.1 Å². The second-order valence-electron chi connectivity index (χ2n) is 3.15. The van der Waals surface area contributed by atoms with Crippen molar-refractivity contribution in [3.63, 3.8) is 0 Å². The summed E-state index contributed by atoms with van der Waals surface area (Å²) >= 11 is 0. The van der Waals surface area contributed by atoms with E-state index in [1.165, 1.54) is 7.11 Å². The van der Waals surface area contributed by atoms with Crippen LogP contribution in [0.4, 0.5) is 0 Å². The van der Waals surface area contributed by atoms with E-state index in [1.807, 2.05) is 43.3 Å². The van der Waals surface area contributed by atoms with Crippen molar-refractivity contribution in [2.45, 2.75) is 13.3 Å². The molecular weight excluding hydrogens is 176 g/mol. The maximum atomic E-state index is 10.9. The zero-order chi connectivity index (χ0) is 10.4. The van der Waals surface area contributed by atoms with Crippen LogP contribution in [0.1, 0.15) is 18.9 Å². The summed E-state index contributed by atoms with van der Waals surface area (Å²) in [5.41, 5.74) is 2.11. The molecule has 0 aliphatic heterocycles. The van der Waals surface area contributed by atoms with Crippen molar-refractivity contribution in [2.75, 3.05) is 7.11 Å². The molecule has 0 aromatic heterocycles. The number of ether oxygens (including phenoxy) is 1. The highest BCUT2D eigenvalue weighted by atomic mass is 16.5. The van der Waals surface area contributed by atoms with Crippen LogP contribution >= 0.6 is 0 Å². The molecule has 1 rings (SSSR count). The van der Waals surface area contributed by atoms with Gasteiger partial charge in [-0.25, -0.2) is 0 Å². The van der Waals surface area contributed by atoms with Crippen molar-refractivity contribution in [3.05, 3.63) is 41.5 Å². The second-order valence-corrected chi connectivity index (χ2v) is 3.15. The average Bonchev–Trinajstić information content (AvgIpc) is 2.19. The van der Waals surface area contributed by atoms with Crippen molar-refractivity contribution >= 4 is 12.0 Å². The van der Waals surface area contributed by atoms with E-state index in [9.17, 15) is 4.79 Å². The van der Waals surface area contributed by atoms with Crippen LogP contribution in [0, 0.1) is 0 Å². The largest absolute Gasteiger partial charge is 0.469 e. The Bertz CT molecular complexity index is 325. The molecule has 0 aliphatic rings. The molecule has 0 spiro atoms. The third-order valence-corrected chi connectivity index (χ3v) is 1.86. The van der Waals surface area contributed by atoms with Gasteiger partial charge in [0.15, 0.2) is 0 Å². The van der Waals surface area contributed by atoms with E-state index >= 15 is 0 Å². The Kier molecular flexibility index (Phi) is 3.92. The molecule has 0 saturated heterocycles. The topological polar surface area (TPSA) is 26.3 Å². The Hall–Kier alpha value is -1.57. The first-order valence-corrected chi connectivity index (χ1v) is 4.51. The molecule has 0 amide bonds. The third-order valence-electron chi connectivity index (χ3n) is 1.86. The Morgan fingerprint density at radius 3 is 2.57 bits per heavy atom. The van der Waals surface area contributed by atoms with Crippen LogP contribution in [0.15, 0.2) is 35.9 Å². The molecule has 2 heteroatoms. The first-order valence-electron chi connectivity index (χ1n) is 4.51. The maximum Gasteiger partial charge on any atom is 0.309 e. The molecule has 0 saturated carbocycles. The van der Waals surface area contributed by atoms with Gasteiger partial charge in [-0.15, -0.1) is 0 Å². The number of esters is 1. The Morgan fingerprint density at radius 1 is 1.36 bits per heavy atom. The molecule has 0 heterocycles. The van der Waals surface area contributed by atoms with Crippen molar-refractivity contribution in [1.29, 1.82) is 0 Å². The van der Waals surface area contributed by atoms with E-state index in [-0.39, 0.29) is 5.97 Å². The van der Waals surface area contributed by atoms with Crippen molar-refractivity contribution in [2.24, 2.45) is 0 Å². The minimum absolute atomic E-state index is 0.199. The van der Waals surface area contributed by atoms with Crippen LogP contribution < -0.4 is 0 Å². The minimum atomic E-state index is -0.199. The van der Waals surface area contributed by atoms with E-state index in [2.05, 4.69) is 4.74 Å². The van der Waals surface area contributed by atoms with Gasteiger partial charge in [0.1, 0.15) is 0 Å². The summed E-state index contributed by atoms with van der Waals surface area (Å²) in [6.45, 7) is 1.92. The fourth-order valence-electron chi connectivity index (χ4n) is 1.18. The van der Waals surface area contributed by atoms with Gasteiger partial charge in [0, 0.05) is 0 Å². The van der Waals surface area contributed by atoms with Crippen LogP contribution in [0.2, 0.25) is 0 Å². The van der Waals surface area contributed by atoms with Crippen LogP contribution in [-0.2, 0) is 9.53 Å². The number of carbonyl (C=O) groups is 1. The summed E-state index contributed by atoms with van der Waals surface area (Å²) in [4.78, 5) is 10.9. The van der Waals surface area contributed by atoms with Gasteiger partial charge in [-0.2, -0.15) is 0 Å². The number of hydrogen-bond donors (Lipinski definition) is 0. The Balaban J connectivity index is 2.65. The van der Waals surface area contributed by atoms with E-state index in [4.69, 9.17) is 0 Å². The molecule has 1 aromatic carbocycles. The first kappa shape index (κ1) is 10.5. The Morgan fingerprint density at radius 2 is 2.00 bits per heavy atom. The molecule has 0 radical (unpaired) electrons. The highest BCUT2D eigenvalue weighted by Gasteiger charge is 2.00. The van der Waals surface area contributed by atoms with Crippen molar-refractivity contribution < 1.29 is 9.53 Å². The SMILES string of the molecule is COC(=O)C/C(C)=C\c1ccccc1. The predicted octanol–water partition coefficient (Wildman–Crippen LogP) is 2.65. The Labute approximate surface area is 84.2 Å². The molecule has 1 aromatic rings. The number of benzene rings is 1. The molecule has 74 valence electrons. The summed E-state index contributed by atoms with van der Waals surface area (Å²) < 4.78 is 4.58. The quantitative estimate of drug-likeness (QED) is 0.685. The fourth-order valence-corrected chi connectivity index (χ4v) is 1.18. The zero-order valence-electron chi connectivity index (χ0n) is 8.49. The predicted molar refractivity (Wildman–Crippen MR) is 56.7 cm³/mol. The van der Waals surface area contributed by atoms with E-state index in [0.717, 1.165) is 11.1 Å². The summed E-state index contributed by atoms with van der Waals surface area (Å²) in [5, 5.41) is 0. The summed E-state index contributed by atoms with van der Waals surface area (Å²) in [7, 11) is 1.40. The lowest BCUT2D eigenvalue weighted by Crippen LogP contribution is -1.99. The van der Waals surface area contributed by atoms with Crippen LogP contribution in [0.5, 0.6) is 0 Å². The van der Waals surface area contributed by atoms with Crippen molar-refractivity contribution in [1.82, 2.24) is 0 Å². The van der Waals surface area contributed by atoms with Gasteiger partial charge < -0.3 is 4.74 Å². The van der Waals surface area contributed by atoms with Gasteiger partial charge in [-0.3, -0.25) is 4.79 Å². The lowest BCUT2D eigenvalue weighted by Gasteiger charge is -1.99. The van der Waals surface area contributed by atoms with Gasteiger partial charge in [-0.1, -0.05) is 42.0 Å². The molecule has 0 bridgehead atoms. The molecule has 2 nitrogen and oxygen atoms in total. The second kappa shape index (κ2) is 5.22. The minimum Gasteiger partial charge on any atom is -0.469 e. The molecule has 0 atom stereocenters. The van der Waals surface area contributed by atoms with Crippen LogP contribution in [0.25, 0.3) is 6.08 Å². The highest BCUT2D eigenvalue weighted by molar-refractivity contribution is 5.74. The zero-order valence-corrected chi connectivity index (χ0v) is 8.49. The molecular formula is C12H14O2. The number of methoxy groups -OCH3 is 1. The van der Waals surface area contributed by atoms with Gasteiger partial charge >= 0.3 is 5.97 Å². The maximum absolute atomic E-state index is 10.9. The van der Waals surface area contributed by atoms with E-state index in [1.54, 1.807) is 0 Å². The highest BCUT2D eigenvalue weighted by Crippen LogP contribution is 2.09. The van der Waals surface area contributed by atoms with Crippen molar-refractivity contribution in [3.8, 4) is 0 Å². The van der Waals surface area contributed by atoms with E-state index < -0.39 is 0 Å². The monoisotopic (exact) mass is 190 g/mol. The lowest BCUT2D eigenvalue weighted by molar-refractivity contribution is -0.139. The summed E-state index contributed by atoms with van der Waals surface area (Å²) in [5.74, 6) is -0.199. The molecule has 0 unspecified atom stereocenters. The van der Waals surface area contributed by atoms with Gasteiger partial charge in [0.2, 0.25) is 0 Å². The van der Waals surface area contributed by atoms with Gasteiger partial charge in [0.25, 0.3) is 0 Å². The van der Waals surface area contributed by atoms with E-state index in [0.29, 0.717) is 6.42 Å². The van der Waals surface area contributed by atoms with Gasteiger partial charge in [0.05, 0.1) is 13.5 Å². The normalized spacial score (nSPS) is 11.1. The number of carbonyl (C=O) groups excluding carboxylic acids is 1. The number of rotatable bonds is 3. The van der Waals surface area contributed by atoms with Gasteiger partial charge in [-0.05, 0) is 12.5 Å². The average molecular weight is 190 g/mol. The molecule has 0 aliphatic carbocycles. The smallest absolute Gasteiger partial charge is 0.309 e. The fraction of sp³-hybridized carbons (Fsp3) is 0.250. The lowest BCUT2D eigenvalue weighted by atomic mass is 10.1. The molecule has 14 heavy (non-hydrogen) atoms. The first-order chi connectivity index (χ1) is 6.72. The standard InChI is InChI=1S/C12H14O2/c1-10(9-12(13)14-2)8-11-6-4-3-5-7-11/h3-8H,9H2,1-2H3/b10-8-. The third kappa shape index (κ3) is 3.44. The summed E-state index contributed by atoms with van der Waals surface area (Å²) in [6.07, 6.45) is 2.34. The molecule has 0 fully saturated rings. The number of hydrogen-bond acceptors (Lipinski definition) is 2. The molecule has 0 N–H and O–H groups in total.